The van der Waals surface area contributed by atoms with Crippen LogP contribution in [0.3, 0.4) is 0 Å². The molecule has 18 heavy (non-hydrogen) atoms. The smallest absolute Gasteiger partial charge is 0.0837 e. The molecule has 1 aromatic carbocycles. The summed E-state index contributed by atoms with van der Waals surface area (Å²) in [6.45, 7) is 4.21. The van der Waals surface area contributed by atoms with Crippen LogP contribution in [0.15, 0.2) is 24.4 Å². The molecule has 2 aromatic rings. The molecule has 1 unspecified atom stereocenters. The quantitative estimate of drug-likeness (QED) is 0.923. The molecule has 0 radical (unpaired) electrons. The Labute approximate surface area is 113 Å². The lowest BCUT2D eigenvalue weighted by atomic mass is 9.99. The number of aryl methyl sites for hydroxylation is 3. The number of aromatic nitrogens is 2. The highest BCUT2D eigenvalue weighted by molar-refractivity contribution is 6.31. The van der Waals surface area contributed by atoms with Crippen molar-refractivity contribution in [3.05, 3.63) is 51.8 Å². The lowest BCUT2D eigenvalue weighted by molar-refractivity contribution is 0.605. The predicted octanol–water partition coefficient (Wildman–Crippen LogP) is 3.00. The zero-order valence-corrected chi connectivity index (χ0v) is 11.9. The Bertz CT molecular complexity index is 520. The predicted molar refractivity (Wildman–Crippen MR) is 75.0 cm³/mol. The largest absolute Gasteiger partial charge is 0.308 e. The molecule has 2 rings (SSSR count). The zero-order valence-electron chi connectivity index (χ0n) is 11.2. The first kappa shape index (κ1) is 13.1. The van der Waals surface area contributed by atoms with Crippen molar-refractivity contribution >= 4 is 11.6 Å². The van der Waals surface area contributed by atoms with Gasteiger partial charge in [-0.1, -0.05) is 40.9 Å². The second-order valence-electron chi connectivity index (χ2n) is 4.64. The molecule has 4 heteroatoms. The van der Waals surface area contributed by atoms with Crippen LogP contribution in [0.4, 0.5) is 0 Å². The van der Waals surface area contributed by atoms with Crippen LogP contribution < -0.4 is 5.32 Å². The molecule has 0 aliphatic carbocycles. The van der Waals surface area contributed by atoms with E-state index in [4.69, 9.17) is 11.6 Å². The van der Waals surface area contributed by atoms with Crippen molar-refractivity contribution in [3.63, 3.8) is 0 Å². The van der Waals surface area contributed by atoms with Crippen LogP contribution in [0.5, 0.6) is 0 Å². The van der Waals surface area contributed by atoms with Crippen LogP contribution in [0.1, 0.15) is 28.4 Å². The van der Waals surface area contributed by atoms with Gasteiger partial charge in [-0.05, 0) is 26.5 Å². The summed E-state index contributed by atoms with van der Waals surface area (Å²) in [5.41, 5.74) is 4.71. The number of nitrogens with zero attached hydrogens (tertiary/aromatic N) is 2. The minimum atomic E-state index is 0.0589. The van der Waals surface area contributed by atoms with Crippen molar-refractivity contribution in [1.82, 2.24) is 15.1 Å². The average Bonchev–Trinajstić information content (AvgIpc) is 2.61. The Morgan fingerprint density at radius 2 is 1.83 bits per heavy atom. The third-order valence-corrected chi connectivity index (χ3v) is 3.37. The van der Waals surface area contributed by atoms with Gasteiger partial charge in [-0.3, -0.25) is 4.68 Å². The van der Waals surface area contributed by atoms with Gasteiger partial charge >= 0.3 is 0 Å². The van der Waals surface area contributed by atoms with Gasteiger partial charge in [0, 0.05) is 7.05 Å². The molecule has 1 aromatic heterocycles. The highest BCUT2D eigenvalue weighted by Gasteiger charge is 2.19. The molecule has 0 amide bonds. The Balaban J connectivity index is 2.52. The molecule has 1 N–H and O–H groups in total. The second-order valence-corrected chi connectivity index (χ2v) is 5.05. The molecule has 1 atom stereocenters. The first-order valence-electron chi connectivity index (χ1n) is 5.95. The maximum absolute atomic E-state index is 6.22. The summed E-state index contributed by atoms with van der Waals surface area (Å²) in [7, 11) is 3.85. The van der Waals surface area contributed by atoms with E-state index in [0.717, 1.165) is 5.69 Å². The average molecular weight is 264 g/mol. The maximum atomic E-state index is 6.22. The van der Waals surface area contributed by atoms with Gasteiger partial charge in [0.05, 0.1) is 23.0 Å². The third kappa shape index (κ3) is 2.42. The van der Waals surface area contributed by atoms with E-state index in [-0.39, 0.29) is 6.04 Å². The molecule has 0 spiro atoms. The summed E-state index contributed by atoms with van der Waals surface area (Å²) in [5, 5.41) is 8.20. The summed E-state index contributed by atoms with van der Waals surface area (Å²) < 4.78 is 1.82. The topological polar surface area (TPSA) is 29.9 Å². The Kier molecular flexibility index (Phi) is 3.73. The van der Waals surface area contributed by atoms with Crippen molar-refractivity contribution in [3.8, 4) is 0 Å². The minimum absolute atomic E-state index is 0.0589. The fourth-order valence-electron chi connectivity index (χ4n) is 2.38. The minimum Gasteiger partial charge on any atom is -0.308 e. The van der Waals surface area contributed by atoms with Crippen molar-refractivity contribution in [2.45, 2.75) is 19.9 Å². The molecular weight excluding hydrogens is 246 g/mol. The summed E-state index contributed by atoms with van der Waals surface area (Å²) >= 11 is 6.22. The number of hydrogen-bond donors (Lipinski definition) is 1. The number of benzene rings is 1. The van der Waals surface area contributed by atoms with E-state index in [1.807, 2.05) is 18.8 Å². The van der Waals surface area contributed by atoms with Crippen molar-refractivity contribution in [1.29, 1.82) is 0 Å². The van der Waals surface area contributed by atoms with E-state index >= 15 is 0 Å². The number of hydrogen-bond acceptors (Lipinski definition) is 2. The summed E-state index contributed by atoms with van der Waals surface area (Å²) in [4.78, 5) is 0. The van der Waals surface area contributed by atoms with E-state index in [1.54, 1.807) is 6.20 Å². The first-order chi connectivity index (χ1) is 8.52. The van der Waals surface area contributed by atoms with Crippen LogP contribution in [0, 0.1) is 13.8 Å². The van der Waals surface area contributed by atoms with E-state index in [9.17, 15) is 0 Å². The van der Waals surface area contributed by atoms with Gasteiger partial charge in [-0.25, -0.2) is 0 Å². The second kappa shape index (κ2) is 5.12. The molecule has 0 aliphatic heterocycles. The van der Waals surface area contributed by atoms with Crippen molar-refractivity contribution in [2.75, 3.05) is 7.05 Å². The van der Waals surface area contributed by atoms with E-state index < -0.39 is 0 Å². The van der Waals surface area contributed by atoms with Crippen molar-refractivity contribution < 1.29 is 0 Å². The van der Waals surface area contributed by atoms with Gasteiger partial charge < -0.3 is 5.32 Å². The molecule has 0 saturated heterocycles. The van der Waals surface area contributed by atoms with Gasteiger partial charge in [-0.15, -0.1) is 0 Å². The Hall–Kier alpha value is -1.32. The number of halogens is 1. The molecule has 1 heterocycles. The summed E-state index contributed by atoms with van der Waals surface area (Å²) in [5.74, 6) is 0. The Morgan fingerprint density at radius 3 is 2.28 bits per heavy atom. The van der Waals surface area contributed by atoms with Crippen molar-refractivity contribution in [2.24, 2.45) is 7.05 Å². The molecule has 3 nitrogen and oxygen atoms in total. The maximum Gasteiger partial charge on any atom is 0.0837 e. The molecule has 0 aliphatic rings. The Morgan fingerprint density at radius 1 is 1.22 bits per heavy atom. The van der Waals surface area contributed by atoms with Gasteiger partial charge in [-0.2, -0.15) is 5.10 Å². The first-order valence-corrected chi connectivity index (χ1v) is 6.33. The van der Waals surface area contributed by atoms with Crippen LogP contribution >= 0.6 is 11.6 Å². The fraction of sp³-hybridized carbons (Fsp3) is 0.357. The van der Waals surface area contributed by atoms with Gasteiger partial charge in [0.1, 0.15) is 0 Å². The van der Waals surface area contributed by atoms with Crippen LogP contribution in [-0.4, -0.2) is 16.8 Å². The van der Waals surface area contributed by atoms with Gasteiger partial charge in [0.25, 0.3) is 0 Å². The van der Waals surface area contributed by atoms with Gasteiger partial charge in [0.2, 0.25) is 0 Å². The van der Waals surface area contributed by atoms with E-state index in [1.165, 1.54) is 16.7 Å². The summed E-state index contributed by atoms with van der Waals surface area (Å²) in [6.07, 6.45) is 1.68. The lowest BCUT2D eigenvalue weighted by Crippen LogP contribution is -2.21. The fourth-order valence-corrected chi connectivity index (χ4v) is 2.66. The SMILES string of the molecule is CNC(c1cc(C)cc(C)c1)c1c(Cl)cnn1C. The molecule has 0 fully saturated rings. The molecule has 0 bridgehead atoms. The zero-order chi connectivity index (χ0) is 13.3. The highest BCUT2D eigenvalue weighted by atomic mass is 35.5. The number of rotatable bonds is 3. The standard InChI is InChI=1S/C14H18ClN3/c1-9-5-10(2)7-11(6-9)13(16-3)14-12(15)8-17-18(14)4/h5-8,13,16H,1-4H3. The van der Waals surface area contributed by atoms with E-state index in [2.05, 4.69) is 42.5 Å². The van der Waals surface area contributed by atoms with Gasteiger partial charge in [0.15, 0.2) is 0 Å². The molecule has 0 saturated carbocycles. The third-order valence-electron chi connectivity index (χ3n) is 3.08. The molecule has 96 valence electrons. The lowest BCUT2D eigenvalue weighted by Gasteiger charge is -2.19. The van der Waals surface area contributed by atoms with Crippen LogP contribution in [-0.2, 0) is 7.05 Å². The monoisotopic (exact) mass is 263 g/mol. The normalized spacial score (nSPS) is 12.7. The number of nitrogens with one attached hydrogen (secondary N) is 1. The van der Waals surface area contributed by atoms with Crippen LogP contribution in [0.2, 0.25) is 5.02 Å². The molecular formula is C14H18ClN3. The van der Waals surface area contributed by atoms with Crippen LogP contribution in [0.25, 0.3) is 0 Å². The highest BCUT2D eigenvalue weighted by Crippen LogP contribution is 2.28. The van der Waals surface area contributed by atoms with E-state index in [0.29, 0.717) is 5.02 Å². The summed E-state index contributed by atoms with van der Waals surface area (Å²) in [6, 6.07) is 6.58.